The molecule has 1 nitrogen and oxygen atoms in total. The lowest BCUT2D eigenvalue weighted by molar-refractivity contribution is 0.503. The molecular formula is C8H12BrNS. The predicted octanol–water partition coefficient (Wildman–Crippen LogP) is 3.59. The Kier molecular flexibility index (Phi) is 2.70. The molecule has 0 saturated heterocycles. The highest BCUT2D eigenvalue weighted by atomic mass is 79.9. The summed E-state index contributed by atoms with van der Waals surface area (Å²) in [6, 6.07) is 0. The van der Waals surface area contributed by atoms with Gasteiger partial charge in [0.2, 0.25) is 0 Å². The summed E-state index contributed by atoms with van der Waals surface area (Å²) >= 11 is 5.13. The summed E-state index contributed by atoms with van der Waals surface area (Å²) in [6.07, 6.45) is 3.00. The fraction of sp³-hybridized carbons (Fsp3) is 0.625. The first kappa shape index (κ1) is 9.20. The summed E-state index contributed by atoms with van der Waals surface area (Å²) in [7, 11) is 0. The molecule has 0 bridgehead atoms. The van der Waals surface area contributed by atoms with E-state index in [4.69, 9.17) is 0 Å². The Hall–Kier alpha value is 0.110. The zero-order valence-corrected chi connectivity index (χ0v) is 9.42. The molecule has 0 aliphatic heterocycles. The van der Waals surface area contributed by atoms with Crippen molar-refractivity contribution in [3.05, 3.63) is 15.0 Å². The third kappa shape index (κ3) is 2.03. The molecule has 0 radical (unpaired) electrons. The monoisotopic (exact) mass is 233 g/mol. The Labute approximate surface area is 80.0 Å². The summed E-state index contributed by atoms with van der Waals surface area (Å²) in [5, 5.41) is 1.21. The van der Waals surface area contributed by atoms with Crippen LogP contribution >= 0.6 is 27.3 Å². The minimum Gasteiger partial charge on any atom is -0.248 e. The van der Waals surface area contributed by atoms with E-state index < -0.39 is 0 Å². The minimum absolute atomic E-state index is 0.233. The molecule has 3 heteroatoms. The number of hydrogen-bond acceptors (Lipinski definition) is 2. The third-order valence-electron chi connectivity index (χ3n) is 1.94. The molecule has 0 aliphatic carbocycles. The van der Waals surface area contributed by atoms with E-state index in [1.807, 2.05) is 6.20 Å². The van der Waals surface area contributed by atoms with Crippen LogP contribution in [0.15, 0.2) is 9.98 Å². The van der Waals surface area contributed by atoms with Gasteiger partial charge in [-0.3, -0.25) is 0 Å². The van der Waals surface area contributed by atoms with Crippen LogP contribution in [-0.2, 0) is 5.41 Å². The van der Waals surface area contributed by atoms with Gasteiger partial charge in [-0.1, -0.05) is 20.8 Å². The van der Waals surface area contributed by atoms with Crippen molar-refractivity contribution >= 4 is 27.3 Å². The average Bonchev–Trinajstić information content (AvgIpc) is 2.36. The highest BCUT2D eigenvalue weighted by Gasteiger charge is 2.21. The lowest BCUT2D eigenvalue weighted by Crippen LogP contribution is -2.14. The van der Waals surface area contributed by atoms with Crippen LogP contribution in [0.3, 0.4) is 0 Å². The highest BCUT2D eigenvalue weighted by molar-refractivity contribution is 9.11. The quantitative estimate of drug-likeness (QED) is 0.761. The van der Waals surface area contributed by atoms with Crippen molar-refractivity contribution < 1.29 is 0 Å². The molecule has 0 unspecified atom stereocenters. The second-order valence-electron chi connectivity index (χ2n) is 3.21. The van der Waals surface area contributed by atoms with Crippen molar-refractivity contribution in [2.45, 2.75) is 32.6 Å². The van der Waals surface area contributed by atoms with Crippen LogP contribution in [0, 0.1) is 0 Å². The first-order chi connectivity index (χ1) is 5.06. The highest BCUT2D eigenvalue weighted by Crippen LogP contribution is 2.32. The first-order valence-electron chi connectivity index (χ1n) is 3.68. The standard InChI is InChI=1S/C8H12BrNS/c1-4-8(2,3)7-10-5-6(9)11-7/h5H,4H2,1-3H3. The fourth-order valence-corrected chi connectivity index (χ4v) is 2.10. The molecule has 0 spiro atoms. The molecule has 0 fully saturated rings. The summed E-state index contributed by atoms with van der Waals surface area (Å²) in [5.74, 6) is 0. The lowest BCUT2D eigenvalue weighted by Gasteiger charge is -2.18. The zero-order valence-electron chi connectivity index (χ0n) is 7.02. The van der Waals surface area contributed by atoms with Crippen LogP contribution in [0.4, 0.5) is 0 Å². The van der Waals surface area contributed by atoms with Crippen molar-refractivity contribution in [1.29, 1.82) is 0 Å². The van der Waals surface area contributed by atoms with E-state index in [1.165, 1.54) is 5.01 Å². The van der Waals surface area contributed by atoms with Crippen molar-refractivity contribution in [2.75, 3.05) is 0 Å². The van der Waals surface area contributed by atoms with Gasteiger partial charge in [0.15, 0.2) is 0 Å². The van der Waals surface area contributed by atoms with Gasteiger partial charge in [0, 0.05) is 5.41 Å². The molecule has 1 heterocycles. The van der Waals surface area contributed by atoms with Gasteiger partial charge in [-0.2, -0.15) is 0 Å². The number of halogens is 1. The maximum absolute atomic E-state index is 4.33. The number of rotatable bonds is 2. The fourth-order valence-electron chi connectivity index (χ4n) is 0.719. The molecule has 0 aliphatic rings. The Morgan fingerprint density at radius 2 is 2.27 bits per heavy atom. The molecule has 62 valence electrons. The number of nitrogens with zero attached hydrogens (tertiary/aromatic N) is 1. The molecule has 1 rings (SSSR count). The number of thiazole rings is 1. The number of hydrogen-bond donors (Lipinski definition) is 0. The van der Waals surface area contributed by atoms with E-state index in [0.29, 0.717) is 0 Å². The third-order valence-corrected chi connectivity index (χ3v) is 3.78. The number of aromatic nitrogens is 1. The second kappa shape index (κ2) is 3.23. The molecule has 1 aromatic rings. The Morgan fingerprint density at radius 1 is 1.64 bits per heavy atom. The van der Waals surface area contributed by atoms with Crippen molar-refractivity contribution in [3.63, 3.8) is 0 Å². The molecule has 1 aromatic heterocycles. The van der Waals surface area contributed by atoms with Crippen LogP contribution in [0.1, 0.15) is 32.2 Å². The SMILES string of the molecule is CCC(C)(C)c1ncc(Br)s1. The summed E-state index contributed by atoms with van der Waals surface area (Å²) in [6.45, 7) is 6.63. The van der Waals surface area contributed by atoms with E-state index in [9.17, 15) is 0 Å². The maximum atomic E-state index is 4.33. The van der Waals surface area contributed by atoms with E-state index >= 15 is 0 Å². The van der Waals surface area contributed by atoms with Crippen molar-refractivity contribution in [2.24, 2.45) is 0 Å². The van der Waals surface area contributed by atoms with Crippen LogP contribution in [-0.4, -0.2) is 4.98 Å². The van der Waals surface area contributed by atoms with Gasteiger partial charge in [0.25, 0.3) is 0 Å². The van der Waals surface area contributed by atoms with Crippen LogP contribution < -0.4 is 0 Å². The minimum atomic E-state index is 0.233. The van der Waals surface area contributed by atoms with Crippen LogP contribution in [0.2, 0.25) is 0 Å². The largest absolute Gasteiger partial charge is 0.248 e. The molecular weight excluding hydrogens is 222 g/mol. The molecule has 0 saturated carbocycles. The van der Waals surface area contributed by atoms with Crippen LogP contribution in [0.5, 0.6) is 0 Å². The molecule has 11 heavy (non-hydrogen) atoms. The van der Waals surface area contributed by atoms with E-state index in [0.717, 1.165) is 10.2 Å². The molecule has 0 aromatic carbocycles. The van der Waals surface area contributed by atoms with E-state index in [-0.39, 0.29) is 5.41 Å². The molecule has 0 amide bonds. The summed E-state index contributed by atoms with van der Waals surface area (Å²) in [4.78, 5) is 4.33. The van der Waals surface area contributed by atoms with Gasteiger partial charge in [0.05, 0.1) is 15.0 Å². The predicted molar refractivity (Wildman–Crippen MR) is 53.1 cm³/mol. The molecule has 0 atom stereocenters. The summed E-state index contributed by atoms with van der Waals surface area (Å²) < 4.78 is 1.12. The van der Waals surface area contributed by atoms with E-state index in [2.05, 4.69) is 41.7 Å². The van der Waals surface area contributed by atoms with Gasteiger partial charge in [-0.05, 0) is 22.4 Å². The van der Waals surface area contributed by atoms with Gasteiger partial charge < -0.3 is 0 Å². The van der Waals surface area contributed by atoms with Crippen molar-refractivity contribution in [1.82, 2.24) is 4.98 Å². The van der Waals surface area contributed by atoms with Gasteiger partial charge in [0.1, 0.15) is 0 Å². The lowest BCUT2D eigenvalue weighted by atomic mass is 9.91. The normalized spacial score (nSPS) is 12.0. The Balaban J connectivity index is 2.92. The Morgan fingerprint density at radius 3 is 2.64 bits per heavy atom. The smallest absolute Gasteiger partial charge is 0.0992 e. The van der Waals surface area contributed by atoms with Gasteiger partial charge >= 0.3 is 0 Å². The first-order valence-corrected chi connectivity index (χ1v) is 5.29. The van der Waals surface area contributed by atoms with Gasteiger partial charge in [-0.25, -0.2) is 4.98 Å². The molecule has 0 N–H and O–H groups in total. The Bertz CT molecular complexity index is 242. The van der Waals surface area contributed by atoms with E-state index in [1.54, 1.807) is 11.3 Å². The second-order valence-corrected chi connectivity index (χ2v) is 5.62. The van der Waals surface area contributed by atoms with Crippen LogP contribution in [0.25, 0.3) is 0 Å². The zero-order chi connectivity index (χ0) is 8.48. The maximum Gasteiger partial charge on any atom is 0.0992 e. The van der Waals surface area contributed by atoms with Crippen molar-refractivity contribution in [3.8, 4) is 0 Å². The van der Waals surface area contributed by atoms with Gasteiger partial charge in [-0.15, -0.1) is 11.3 Å². The average molecular weight is 234 g/mol. The topological polar surface area (TPSA) is 12.9 Å². The summed E-state index contributed by atoms with van der Waals surface area (Å²) in [5.41, 5.74) is 0.233.